The van der Waals surface area contributed by atoms with Gasteiger partial charge in [0.1, 0.15) is 5.70 Å². The second-order valence-electron chi connectivity index (χ2n) is 18.9. The summed E-state index contributed by atoms with van der Waals surface area (Å²) in [4.78, 5) is 14.2. The molecular formula is C48H54ClHgN4. The van der Waals surface area contributed by atoms with Gasteiger partial charge in [-0.1, -0.05) is 131 Å². The Kier molecular flexibility index (Phi) is 11.3. The number of aromatic nitrogens is 1. The van der Waals surface area contributed by atoms with E-state index in [1.54, 1.807) is 0 Å². The van der Waals surface area contributed by atoms with Gasteiger partial charge in [-0.3, -0.25) is 0 Å². The van der Waals surface area contributed by atoms with Crippen molar-refractivity contribution in [1.82, 2.24) is 10.3 Å². The van der Waals surface area contributed by atoms with Gasteiger partial charge in [0.2, 0.25) is 0 Å². The zero-order valence-electron chi connectivity index (χ0n) is 34.2. The van der Waals surface area contributed by atoms with E-state index in [1.165, 1.54) is 33.4 Å². The van der Waals surface area contributed by atoms with Gasteiger partial charge < -0.3 is 22.7 Å². The number of fused-ring (bicyclic) bond motifs is 6. The zero-order chi connectivity index (χ0) is 37.4. The Morgan fingerprint density at radius 1 is 0.611 bits per heavy atom. The first-order valence-electron chi connectivity index (χ1n) is 18.7. The van der Waals surface area contributed by atoms with E-state index in [-0.39, 0.29) is 67.8 Å². The van der Waals surface area contributed by atoms with Crippen molar-refractivity contribution in [2.45, 2.75) is 111 Å². The fourth-order valence-corrected chi connectivity index (χ4v) is 7.03. The van der Waals surface area contributed by atoms with Crippen molar-refractivity contribution in [3.05, 3.63) is 152 Å². The van der Waals surface area contributed by atoms with Crippen LogP contribution in [0.5, 0.6) is 0 Å². The maximum Gasteiger partial charge on any atom is 1.00 e. The minimum Gasteiger partial charge on any atom is -1.00 e. The van der Waals surface area contributed by atoms with E-state index in [9.17, 15) is 0 Å². The second-order valence-corrected chi connectivity index (χ2v) is 18.9. The van der Waals surface area contributed by atoms with Gasteiger partial charge in [0, 0.05) is 33.6 Å². The molecular weight excluding hydrogens is 869 g/mol. The number of allylic oxidation sites excluding steroid dienone is 5. The van der Waals surface area contributed by atoms with Crippen LogP contribution in [0.15, 0.2) is 118 Å². The maximum atomic E-state index is 5.27. The Bertz CT molecular complexity index is 2330. The molecule has 8 bridgehead atoms. The van der Waals surface area contributed by atoms with E-state index in [1.807, 2.05) is 6.08 Å². The quantitative estimate of drug-likeness (QED) is 0.223. The summed E-state index contributed by atoms with van der Waals surface area (Å²) < 4.78 is 0. The molecule has 0 saturated heterocycles. The minimum absolute atomic E-state index is 0. The minimum atomic E-state index is -0.0569. The molecule has 0 saturated carbocycles. The van der Waals surface area contributed by atoms with Gasteiger partial charge in [-0.05, 0) is 97.6 Å². The molecule has 1 aromatic heterocycles. The summed E-state index contributed by atoms with van der Waals surface area (Å²) in [7, 11) is 0. The largest absolute Gasteiger partial charge is 1.00 e. The van der Waals surface area contributed by atoms with Crippen LogP contribution in [0, 0.1) is 0 Å². The summed E-state index contributed by atoms with van der Waals surface area (Å²) >= 11 is 0. The standard InChI is InChI=1S/C48H54N4.ClH.Hg/c1-45(2,3)31-21-29(22-32(25-31)46(4,5)6)43-39-17-13-35(49-39)27-37-15-19-41(51-37)44(42-20-16-38(52-42)28-36-14-18-40(43)50-36)30-23-33(47(7,8)9)26-34(24-30)48(10,11)12;;/h13-19,21-28,40,50-51H,1-12H3;1H;/q;;+1/p-1/b36-28-,37-27-,43-39-,44-41-;;. The van der Waals surface area contributed by atoms with E-state index in [2.05, 4.69) is 184 Å². The molecule has 0 spiro atoms. The van der Waals surface area contributed by atoms with Crippen LogP contribution in [0.25, 0.3) is 17.2 Å². The molecule has 4 aliphatic rings. The molecule has 2 aromatic carbocycles. The zero-order valence-corrected chi connectivity index (χ0v) is 40.5. The summed E-state index contributed by atoms with van der Waals surface area (Å²) in [5.41, 5.74) is 17.9. The van der Waals surface area contributed by atoms with E-state index in [0.29, 0.717) is 0 Å². The van der Waals surface area contributed by atoms with E-state index < -0.39 is 0 Å². The Morgan fingerprint density at radius 2 is 1.17 bits per heavy atom. The third-order valence-electron chi connectivity index (χ3n) is 10.4. The molecule has 1 atom stereocenters. The van der Waals surface area contributed by atoms with Gasteiger partial charge in [-0.25, -0.2) is 9.98 Å². The molecule has 1 unspecified atom stereocenters. The summed E-state index contributed by atoms with van der Waals surface area (Å²) in [6, 6.07) is 18.4. The van der Waals surface area contributed by atoms with Gasteiger partial charge in [0.15, 0.2) is 0 Å². The van der Waals surface area contributed by atoms with Crippen molar-refractivity contribution in [1.29, 1.82) is 0 Å². The van der Waals surface area contributed by atoms with Crippen molar-refractivity contribution in [3.63, 3.8) is 0 Å². The van der Waals surface area contributed by atoms with Crippen LogP contribution in [0.2, 0.25) is 0 Å². The molecule has 1 radical (unpaired) electrons. The number of aliphatic imine (C=N–C) groups is 2. The molecule has 2 N–H and O–H groups in total. The average Bonchev–Trinajstić information content (AvgIpc) is 3.86. The van der Waals surface area contributed by atoms with Crippen LogP contribution in [-0.4, -0.2) is 22.4 Å². The summed E-state index contributed by atoms with van der Waals surface area (Å²) in [6.07, 6.45) is 15.0. The molecule has 0 fully saturated rings. The number of hydrogen-bond donors (Lipinski definition) is 2. The Morgan fingerprint density at radius 3 is 1.72 bits per heavy atom. The van der Waals surface area contributed by atoms with Crippen LogP contribution in [0.3, 0.4) is 0 Å². The van der Waals surface area contributed by atoms with Crippen LogP contribution in [-0.2, 0) is 49.3 Å². The topological polar surface area (TPSA) is 52.5 Å². The van der Waals surface area contributed by atoms with Gasteiger partial charge in [-0.15, -0.1) is 0 Å². The third-order valence-corrected chi connectivity index (χ3v) is 10.4. The monoisotopic (exact) mass is 923 g/mol. The number of halogens is 1. The first kappa shape index (κ1) is 41.5. The fourth-order valence-electron chi connectivity index (χ4n) is 7.03. The number of benzene rings is 2. The number of nitrogens with one attached hydrogen (secondary N) is 2. The smallest absolute Gasteiger partial charge is 1.00 e. The van der Waals surface area contributed by atoms with E-state index >= 15 is 0 Å². The molecule has 4 aliphatic heterocycles. The fraction of sp³-hybridized carbons (Fsp3) is 0.354. The number of H-pyrrole nitrogens is 1. The Hall–Kier alpha value is -3.69. The van der Waals surface area contributed by atoms with Crippen LogP contribution >= 0.6 is 0 Å². The predicted molar refractivity (Wildman–Crippen MR) is 221 cm³/mol. The van der Waals surface area contributed by atoms with Crippen molar-refractivity contribution in [2.24, 2.45) is 9.98 Å². The van der Waals surface area contributed by atoms with Crippen LogP contribution in [0.4, 0.5) is 0 Å². The molecule has 3 aromatic rings. The molecule has 6 heteroatoms. The van der Waals surface area contributed by atoms with Crippen molar-refractivity contribution < 1.29 is 40.1 Å². The molecule has 54 heavy (non-hydrogen) atoms. The predicted octanol–water partition coefficient (Wildman–Crippen LogP) is 6.53. The van der Waals surface area contributed by atoms with Gasteiger partial charge in [-0.2, -0.15) is 0 Å². The van der Waals surface area contributed by atoms with Crippen LogP contribution in [0.1, 0.15) is 116 Å². The van der Waals surface area contributed by atoms with E-state index in [4.69, 9.17) is 9.98 Å². The molecule has 4 nitrogen and oxygen atoms in total. The van der Waals surface area contributed by atoms with Crippen molar-refractivity contribution in [2.75, 3.05) is 0 Å². The van der Waals surface area contributed by atoms with Gasteiger partial charge in [0.25, 0.3) is 0 Å². The SMILES string of the molecule is CC(C)(C)c1cc(/C2=C3\C=CC(=N3)/C=c3/cc/c([nH]3)=C(\c3cc(C(C)(C)C)cc(C(C)(C)C)c3)C3=C=CC(=N3)/C=C3/C=CC2N3)cc(C(C)(C)C)c1.[Cl-].[Hg+]. The maximum absolute atomic E-state index is 5.27. The normalized spacial score (nSPS) is 21.9. The number of nitrogens with zero attached hydrogens (tertiary/aromatic N) is 2. The molecule has 0 amide bonds. The number of rotatable bonds is 2. The Balaban J connectivity index is 0.00000280. The molecule has 5 heterocycles. The summed E-state index contributed by atoms with van der Waals surface area (Å²) in [6.45, 7) is 27.5. The van der Waals surface area contributed by atoms with Gasteiger partial charge >= 0.3 is 27.7 Å². The summed E-state index contributed by atoms with van der Waals surface area (Å²) in [5.74, 6) is 0. The van der Waals surface area contributed by atoms with Crippen LogP contribution < -0.4 is 28.4 Å². The van der Waals surface area contributed by atoms with Crippen molar-refractivity contribution >= 4 is 28.6 Å². The third kappa shape index (κ3) is 8.57. The van der Waals surface area contributed by atoms with Crippen molar-refractivity contribution in [3.8, 4) is 0 Å². The number of hydrogen-bond acceptors (Lipinski definition) is 3. The first-order valence-corrected chi connectivity index (χ1v) is 18.7. The second kappa shape index (κ2) is 14.8. The Labute approximate surface area is 349 Å². The molecule has 0 aliphatic carbocycles. The molecule has 7 rings (SSSR count). The molecule has 275 valence electrons. The van der Waals surface area contributed by atoms with E-state index in [0.717, 1.165) is 50.3 Å². The van der Waals surface area contributed by atoms with Gasteiger partial charge in [0.05, 0.1) is 23.2 Å². The summed E-state index contributed by atoms with van der Waals surface area (Å²) in [5, 5.41) is 5.82. The number of aromatic amines is 1. The average molecular weight is 923 g/mol. The first-order chi connectivity index (χ1) is 24.2.